The van der Waals surface area contributed by atoms with Crippen LogP contribution in [0.1, 0.15) is 25.5 Å². The van der Waals surface area contributed by atoms with E-state index in [-0.39, 0.29) is 11.9 Å². The molecule has 0 aliphatic carbocycles. The Morgan fingerprint density at radius 3 is 2.57 bits per heavy atom. The molecule has 2 heteroatoms. The van der Waals surface area contributed by atoms with Gasteiger partial charge in [-0.3, -0.25) is 5.32 Å². The quantitative estimate of drug-likeness (QED) is 0.724. The fraction of sp³-hybridized carbons (Fsp3) is 0.333. The Morgan fingerprint density at radius 1 is 1.36 bits per heavy atom. The zero-order valence-electron chi connectivity index (χ0n) is 8.47. The van der Waals surface area contributed by atoms with Crippen molar-refractivity contribution in [3.05, 3.63) is 35.6 Å². The Bertz CT molecular complexity index is 332. The zero-order valence-corrected chi connectivity index (χ0v) is 8.47. The summed E-state index contributed by atoms with van der Waals surface area (Å²) in [6, 6.07) is 6.72. The Morgan fingerprint density at radius 2 is 2.00 bits per heavy atom. The molecule has 0 aromatic heterocycles. The maximum atomic E-state index is 12.6. The van der Waals surface area contributed by atoms with Crippen LogP contribution >= 0.6 is 0 Å². The predicted octanol–water partition coefficient (Wildman–Crippen LogP) is 2.50. The van der Waals surface area contributed by atoms with Crippen LogP contribution in [0.4, 0.5) is 4.39 Å². The molecule has 14 heavy (non-hydrogen) atoms. The molecule has 0 heterocycles. The van der Waals surface area contributed by atoms with E-state index in [1.54, 1.807) is 12.1 Å². The topological polar surface area (TPSA) is 12.0 Å². The summed E-state index contributed by atoms with van der Waals surface area (Å²) >= 11 is 0. The highest BCUT2D eigenvalue weighted by Gasteiger charge is 2.02. The molecule has 0 saturated heterocycles. The number of rotatable bonds is 3. The van der Waals surface area contributed by atoms with Crippen molar-refractivity contribution in [3.63, 3.8) is 0 Å². The summed E-state index contributed by atoms with van der Waals surface area (Å²) in [4.78, 5) is 0. The van der Waals surface area contributed by atoms with Crippen LogP contribution in [-0.2, 0) is 0 Å². The number of benzene rings is 1. The number of nitrogens with one attached hydrogen (secondary N) is 1. The Labute approximate surface area is 84.3 Å². The van der Waals surface area contributed by atoms with Gasteiger partial charge in [-0.1, -0.05) is 18.1 Å². The van der Waals surface area contributed by atoms with Crippen LogP contribution < -0.4 is 5.32 Å². The molecule has 1 aromatic carbocycles. The van der Waals surface area contributed by atoms with Crippen LogP contribution in [-0.4, -0.2) is 6.54 Å². The van der Waals surface area contributed by atoms with Crippen molar-refractivity contribution in [2.45, 2.75) is 19.9 Å². The van der Waals surface area contributed by atoms with Gasteiger partial charge in [0, 0.05) is 6.04 Å². The molecular weight excluding hydrogens is 177 g/mol. The first-order valence-corrected chi connectivity index (χ1v) is 4.62. The largest absolute Gasteiger partial charge is 0.300 e. The minimum absolute atomic E-state index is 0.200. The van der Waals surface area contributed by atoms with Crippen molar-refractivity contribution in [2.24, 2.45) is 0 Å². The number of halogens is 1. The molecule has 0 bridgehead atoms. The summed E-state index contributed by atoms with van der Waals surface area (Å²) in [5, 5.41) is 3.22. The molecule has 74 valence electrons. The number of hydrogen-bond acceptors (Lipinski definition) is 1. The Kier molecular flexibility index (Phi) is 4.15. The van der Waals surface area contributed by atoms with Crippen molar-refractivity contribution in [2.75, 3.05) is 6.54 Å². The van der Waals surface area contributed by atoms with E-state index >= 15 is 0 Å². The molecule has 1 N–H and O–H groups in total. The minimum Gasteiger partial charge on any atom is -0.300 e. The van der Waals surface area contributed by atoms with Gasteiger partial charge in [0.15, 0.2) is 0 Å². The fourth-order valence-corrected chi connectivity index (χ4v) is 1.16. The van der Waals surface area contributed by atoms with Gasteiger partial charge in [0.1, 0.15) is 5.82 Å². The molecule has 0 saturated carbocycles. The van der Waals surface area contributed by atoms with E-state index < -0.39 is 0 Å². The summed E-state index contributed by atoms with van der Waals surface area (Å²) in [6.45, 7) is 4.50. The van der Waals surface area contributed by atoms with E-state index in [4.69, 9.17) is 0 Å². The second-order valence-corrected chi connectivity index (χ2v) is 3.08. The lowest BCUT2D eigenvalue weighted by Gasteiger charge is -2.11. The smallest absolute Gasteiger partial charge is 0.123 e. The van der Waals surface area contributed by atoms with E-state index in [0.717, 1.165) is 5.56 Å². The highest BCUT2D eigenvalue weighted by molar-refractivity contribution is 5.19. The average Bonchev–Trinajstić information content (AvgIpc) is 2.19. The molecular formula is C12H14FN. The van der Waals surface area contributed by atoms with Crippen LogP contribution in [0.15, 0.2) is 24.3 Å². The Balaban J connectivity index is 2.54. The van der Waals surface area contributed by atoms with Gasteiger partial charge in [-0.25, -0.2) is 4.39 Å². The lowest BCUT2D eigenvalue weighted by molar-refractivity contribution is 0.609. The molecule has 0 aliphatic rings. The normalized spacial score (nSPS) is 11.6. The first kappa shape index (κ1) is 10.7. The molecule has 1 atom stereocenters. The van der Waals surface area contributed by atoms with Crippen molar-refractivity contribution < 1.29 is 4.39 Å². The van der Waals surface area contributed by atoms with E-state index in [0.29, 0.717) is 6.54 Å². The fourth-order valence-electron chi connectivity index (χ4n) is 1.16. The third-order valence-corrected chi connectivity index (χ3v) is 2.04. The first-order chi connectivity index (χ1) is 6.74. The lowest BCUT2D eigenvalue weighted by atomic mass is 10.1. The van der Waals surface area contributed by atoms with Crippen LogP contribution in [0, 0.1) is 17.7 Å². The Hall–Kier alpha value is -1.33. The van der Waals surface area contributed by atoms with Crippen molar-refractivity contribution in [3.8, 4) is 11.8 Å². The predicted molar refractivity (Wildman–Crippen MR) is 56.3 cm³/mol. The summed E-state index contributed by atoms with van der Waals surface area (Å²) < 4.78 is 12.6. The maximum Gasteiger partial charge on any atom is 0.123 e. The molecule has 0 amide bonds. The molecule has 0 radical (unpaired) electrons. The van der Waals surface area contributed by atoms with Gasteiger partial charge >= 0.3 is 0 Å². The van der Waals surface area contributed by atoms with Gasteiger partial charge in [0.05, 0.1) is 6.54 Å². The van der Waals surface area contributed by atoms with Gasteiger partial charge < -0.3 is 0 Å². The van der Waals surface area contributed by atoms with Crippen LogP contribution in [0.3, 0.4) is 0 Å². The van der Waals surface area contributed by atoms with E-state index in [1.165, 1.54) is 12.1 Å². The van der Waals surface area contributed by atoms with E-state index in [2.05, 4.69) is 17.2 Å². The molecule has 0 aliphatic heterocycles. The number of hydrogen-bond donors (Lipinski definition) is 1. The second-order valence-electron chi connectivity index (χ2n) is 3.08. The molecule has 1 unspecified atom stereocenters. The maximum absolute atomic E-state index is 12.6. The molecule has 1 rings (SSSR count). The SMILES string of the molecule is CC#CCNC(C)c1ccc(F)cc1. The zero-order chi connectivity index (χ0) is 10.4. The standard InChI is InChI=1S/C12H14FN/c1-3-4-9-14-10(2)11-5-7-12(13)8-6-11/h5-8,10,14H,9H2,1-2H3. The van der Waals surface area contributed by atoms with Crippen LogP contribution in [0.5, 0.6) is 0 Å². The van der Waals surface area contributed by atoms with Gasteiger partial charge in [0.2, 0.25) is 0 Å². The molecule has 1 aromatic rings. The van der Waals surface area contributed by atoms with Gasteiger partial charge in [-0.15, -0.1) is 5.92 Å². The van der Waals surface area contributed by atoms with Gasteiger partial charge in [-0.05, 0) is 31.5 Å². The monoisotopic (exact) mass is 191 g/mol. The van der Waals surface area contributed by atoms with E-state index in [1.807, 2.05) is 13.8 Å². The highest BCUT2D eigenvalue weighted by atomic mass is 19.1. The van der Waals surface area contributed by atoms with Crippen molar-refractivity contribution >= 4 is 0 Å². The second kappa shape index (κ2) is 5.41. The summed E-state index contributed by atoms with van der Waals surface area (Å²) in [6.07, 6.45) is 0. The third-order valence-electron chi connectivity index (χ3n) is 2.04. The van der Waals surface area contributed by atoms with Gasteiger partial charge in [0.25, 0.3) is 0 Å². The molecule has 0 spiro atoms. The van der Waals surface area contributed by atoms with Crippen LogP contribution in [0.25, 0.3) is 0 Å². The molecule has 0 fully saturated rings. The van der Waals surface area contributed by atoms with E-state index in [9.17, 15) is 4.39 Å². The minimum atomic E-state index is -0.200. The first-order valence-electron chi connectivity index (χ1n) is 4.62. The summed E-state index contributed by atoms with van der Waals surface area (Å²) in [7, 11) is 0. The lowest BCUT2D eigenvalue weighted by Crippen LogP contribution is -2.18. The highest BCUT2D eigenvalue weighted by Crippen LogP contribution is 2.11. The average molecular weight is 191 g/mol. The van der Waals surface area contributed by atoms with Crippen LogP contribution in [0.2, 0.25) is 0 Å². The van der Waals surface area contributed by atoms with Gasteiger partial charge in [-0.2, -0.15) is 0 Å². The van der Waals surface area contributed by atoms with Crippen molar-refractivity contribution in [1.29, 1.82) is 0 Å². The van der Waals surface area contributed by atoms with Crippen molar-refractivity contribution in [1.82, 2.24) is 5.32 Å². The third kappa shape index (κ3) is 3.20. The summed E-state index contributed by atoms with van der Waals surface area (Å²) in [5.74, 6) is 5.54. The summed E-state index contributed by atoms with van der Waals surface area (Å²) in [5.41, 5.74) is 1.07. The molecule has 1 nitrogen and oxygen atoms in total.